The maximum absolute atomic E-state index is 13.0. The highest BCUT2D eigenvalue weighted by atomic mass is 32.2. The number of halogens is 3. The maximum atomic E-state index is 13.0. The Balaban J connectivity index is 1.91. The van der Waals surface area contributed by atoms with Gasteiger partial charge in [-0.1, -0.05) is 18.2 Å². The van der Waals surface area contributed by atoms with Crippen LogP contribution in [0.3, 0.4) is 0 Å². The van der Waals surface area contributed by atoms with Gasteiger partial charge >= 0.3 is 12.2 Å². The summed E-state index contributed by atoms with van der Waals surface area (Å²) in [6.07, 6.45) is -4.46. The Morgan fingerprint density at radius 1 is 1.00 bits per heavy atom. The number of hydrogen-bond acceptors (Lipinski definition) is 4. The van der Waals surface area contributed by atoms with Crippen molar-refractivity contribution in [2.75, 3.05) is 24.5 Å². The number of piperazine rings is 1. The fourth-order valence-electron chi connectivity index (χ4n) is 3.13. The number of carbonyl (C=O) groups is 1. The fourth-order valence-corrected chi connectivity index (χ4v) is 4.90. The van der Waals surface area contributed by atoms with E-state index in [-0.39, 0.29) is 24.5 Å². The van der Waals surface area contributed by atoms with Crippen LogP contribution in [0.4, 0.5) is 23.7 Å². The third kappa shape index (κ3) is 3.91. The first-order valence-electron chi connectivity index (χ1n) is 8.38. The molecule has 1 aliphatic rings. The smallest absolute Gasteiger partial charge is 0.367 e. The van der Waals surface area contributed by atoms with E-state index >= 15 is 0 Å². The quantitative estimate of drug-likeness (QED) is 0.839. The largest absolute Gasteiger partial charge is 0.416 e. The summed E-state index contributed by atoms with van der Waals surface area (Å²) in [7, 11) is -3.93. The van der Waals surface area contributed by atoms with Gasteiger partial charge in [0.25, 0.3) is 0 Å². The van der Waals surface area contributed by atoms with Gasteiger partial charge < -0.3 is 15.5 Å². The molecule has 1 aliphatic heterocycles. The third-order valence-electron chi connectivity index (χ3n) is 4.61. The molecule has 10 heteroatoms. The molecule has 2 amide bonds. The van der Waals surface area contributed by atoms with Crippen molar-refractivity contribution in [3.05, 3.63) is 60.2 Å². The van der Waals surface area contributed by atoms with Crippen molar-refractivity contribution in [1.82, 2.24) is 4.90 Å². The van der Waals surface area contributed by atoms with E-state index in [1.807, 2.05) is 0 Å². The Kier molecular flexibility index (Phi) is 5.24. The summed E-state index contributed by atoms with van der Waals surface area (Å²) in [5.74, 6) is 0. The molecule has 1 fully saturated rings. The molecule has 6 nitrogen and oxygen atoms in total. The van der Waals surface area contributed by atoms with Crippen LogP contribution in [0.25, 0.3) is 0 Å². The molecule has 3 rings (SSSR count). The van der Waals surface area contributed by atoms with Crippen molar-refractivity contribution in [1.29, 1.82) is 0 Å². The maximum Gasteiger partial charge on any atom is 0.416 e. The van der Waals surface area contributed by atoms with Crippen LogP contribution in [0.2, 0.25) is 0 Å². The molecule has 0 spiro atoms. The second kappa shape index (κ2) is 7.34. The lowest BCUT2D eigenvalue weighted by atomic mass is 10.1. The van der Waals surface area contributed by atoms with Crippen LogP contribution in [-0.4, -0.2) is 44.4 Å². The SMILES string of the molecule is NC(=O)N1CCN(c2ccc(C(F)(F)F)cc2)CC1S(=O)(=O)c1ccccc1. The van der Waals surface area contributed by atoms with E-state index in [1.54, 1.807) is 23.1 Å². The third-order valence-corrected chi connectivity index (χ3v) is 6.66. The summed E-state index contributed by atoms with van der Waals surface area (Å²) < 4.78 is 64.4. The first-order valence-corrected chi connectivity index (χ1v) is 9.92. The predicted molar refractivity (Wildman–Crippen MR) is 97.4 cm³/mol. The predicted octanol–water partition coefficient (Wildman–Crippen LogP) is 2.71. The lowest BCUT2D eigenvalue weighted by Gasteiger charge is -2.41. The monoisotopic (exact) mass is 413 g/mol. The molecule has 0 aliphatic carbocycles. The van der Waals surface area contributed by atoms with Crippen molar-refractivity contribution in [2.45, 2.75) is 16.4 Å². The molecule has 1 atom stereocenters. The van der Waals surface area contributed by atoms with Crippen LogP contribution < -0.4 is 10.6 Å². The normalized spacial score (nSPS) is 18.2. The Bertz CT molecular complexity index is 948. The van der Waals surface area contributed by atoms with Gasteiger partial charge in [-0.15, -0.1) is 0 Å². The van der Waals surface area contributed by atoms with Gasteiger partial charge in [-0.05, 0) is 36.4 Å². The number of urea groups is 1. The van der Waals surface area contributed by atoms with Crippen LogP contribution >= 0.6 is 0 Å². The van der Waals surface area contributed by atoms with Gasteiger partial charge in [0.2, 0.25) is 9.84 Å². The lowest BCUT2D eigenvalue weighted by Crippen LogP contribution is -2.59. The first-order chi connectivity index (χ1) is 13.1. The molecule has 0 radical (unpaired) electrons. The van der Waals surface area contributed by atoms with Crippen LogP contribution in [-0.2, 0) is 16.0 Å². The summed E-state index contributed by atoms with van der Waals surface area (Å²) in [6, 6.07) is 11.2. The number of nitrogens with zero attached hydrogens (tertiary/aromatic N) is 2. The van der Waals surface area contributed by atoms with Crippen LogP contribution in [0.1, 0.15) is 5.56 Å². The number of benzene rings is 2. The Labute approximate surface area is 160 Å². The molecule has 2 aromatic carbocycles. The summed E-state index contributed by atoms with van der Waals surface area (Å²) in [5, 5.41) is -1.25. The molecule has 1 saturated heterocycles. The molecule has 28 heavy (non-hydrogen) atoms. The van der Waals surface area contributed by atoms with Crippen molar-refractivity contribution in [3.8, 4) is 0 Å². The topological polar surface area (TPSA) is 83.7 Å². The van der Waals surface area contributed by atoms with Crippen LogP contribution in [0, 0.1) is 0 Å². The van der Waals surface area contributed by atoms with Crippen molar-refractivity contribution >= 4 is 21.6 Å². The fraction of sp³-hybridized carbons (Fsp3) is 0.278. The number of primary amides is 1. The number of carbonyl (C=O) groups excluding carboxylic acids is 1. The number of rotatable bonds is 3. The van der Waals surface area contributed by atoms with E-state index in [0.29, 0.717) is 5.69 Å². The van der Waals surface area contributed by atoms with E-state index in [9.17, 15) is 26.4 Å². The number of alkyl halides is 3. The molecule has 0 aromatic heterocycles. The second-order valence-electron chi connectivity index (χ2n) is 6.33. The van der Waals surface area contributed by atoms with Crippen molar-refractivity contribution < 1.29 is 26.4 Å². The number of nitrogens with two attached hydrogens (primary N) is 1. The molecule has 2 N–H and O–H groups in total. The van der Waals surface area contributed by atoms with Gasteiger partial charge in [0.1, 0.15) is 0 Å². The standard InChI is InChI=1S/C18H18F3N3O3S/c19-18(20,21)13-6-8-14(9-7-13)23-10-11-24(17(22)25)16(12-23)28(26,27)15-4-2-1-3-5-15/h1-9,16H,10-12H2,(H2,22,25). The summed E-state index contributed by atoms with van der Waals surface area (Å²) in [5.41, 5.74) is 5.01. The van der Waals surface area contributed by atoms with E-state index in [4.69, 9.17) is 5.73 Å². The molecule has 0 saturated carbocycles. The van der Waals surface area contributed by atoms with Crippen LogP contribution in [0.5, 0.6) is 0 Å². The summed E-state index contributed by atoms with van der Waals surface area (Å²) in [4.78, 5) is 14.5. The second-order valence-corrected chi connectivity index (χ2v) is 8.44. The average molecular weight is 413 g/mol. The van der Waals surface area contributed by atoms with E-state index in [0.717, 1.165) is 17.0 Å². The average Bonchev–Trinajstić information content (AvgIpc) is 2.67. The Morgan fingerprint density at radius 3 is 2.14 bits per heavy atom. The minimum absolute atomic E-state index is 0.0348. The molecule has 1 heterocycles. The van der Waals surface area contributed by atoms with Gasteiger partial charge in [0, 0.05) is 18.8 Å². The molecule has 1 unspecified atom stereocenters. The Morgan fingerprint density at radius 2 is 1.61 bits per heavy atom. The summed E-state index contributed by atoms with van der Waals surface area (Å²) >= 11 is 0. The number of hydrogen-bond donors (Lipinski definition) is 1. The van der Waals surface area contributed by atoms with Crippen molar-refractivity contribution in [2.24, 2.45) is 5.73 Å². The van der Waals surface area contributed by atoms with Gasteiger partial charge in [-0.2, -0.15) is 13.2 Å². The summed E-state index contributed by atoms with van der Waals surface area (Å²) in [6.45, 7) is 0.174. The zero-order valence-electron chi connectivity index (χ0n) is 14.6. The van der Waals surface area contributed by atoms with Crippen LogP contribution in [0.15, 0.2) is 59.5 Å². The van der Waals surface area contributed by atoms with Gasteiger partial charge in [0.15, 0.2) is 5.37 Å². The van der Waals surface area contributed by atoms with Gasteiger partial charge in [0.05, 0.1) is 17.0 Å². The van der Waals surface area contributed by atoms with E-state index < -0.39 is 33.0 Å². The van der Waals surface area contributed by atoms with Crippen molar-refractivity contribution in [3.63, 3.8) is 0 Å². The van der Waals surface area contributed by atoms with Gasteiger partial charge in [-0.25, -0.2) is 13.2 Å². The lowest BCUT2D eigenvalue weighted by molar-refractivity contribution is -0.137. The molecular formula is C18H18F3N3O3S. The minimum atomic E-state index is -4.46. The number of sulfone groups is 1. The highest BCUT2D eigenvalue weighted by molar-refractivity contribution is 7.92. The number of anilines is 1. The molecule has 2 aromatic rings. The highest BCUT2D eigenvalue weighted by Crippen LogP contribution is 2.31. The van der Waals surface area contributed by atoms with E-state index in [2.05, 4.69) is 0 Å². The molecular weight excluding hydrogens is 395 g/mol. The Hall–Kier alpha value is -2.75. The molecule has 0 bridgehead atoms. The zero-order chi connectivity index (χ0) is 20.5. The molecule has 150 valence electrons. The number of amides is 2. The zero-order valence-corrected chi connectivity index (χ0v) is 15.4. The minimum Gasteiger partial charge on any atom is -0.367 e. The van der Waals surface area contributed by atoms with E-state index in [1.165, 1.54) is 24.3 Å². The first kappa shape index (κ1) is 20.0. The van der Waals surface area contributed by atoms with Gasteiger partial charge in [-0.3, -0.25) is 0 Å². The highest BCUT2D eigenvalue weighted by Gasteiger charge is 2.39.